The molecule has 2 heterocycles. The fourth-order valence-corrected chi connectivity index (χ4v) is 4.09. The van der Waals surface area contributed by atoms with Crippen molar-refractivity contribution in [2.75, 3.05) is 51.8 Å². The van der Waals surface area contributed by atoms with Gasteiger partial charge in [0.1, 0.15) is 0 Å². The number of anilines is 1. The van der Waals surface area contributed by atoms with E-state index in [-0.39, 0.29) is 11.5 Å². The molecule has 0 N–H and O–H groups in total. The molecule has 5 heteroatoms. The molecule has 2 fully saturated rings. The largest absolute Gasteiger partial charge is 0.373 e. The predicted octanol–water partition coefficient (Wildman–Crippen LogP) is 2.22. The van der Waals surface area contributed by atoms with Crippen molar-refractivity contribution in [1.82, 2.24) is 9.80 Å². The highest BCUT2D eigenvalue weighted by Crippen LogP contribution is 2.38. The molecule has 0 radical (unpaired) electrons. The summed E-state index contributed by atoms with van der Waals surface area (Å²) in [5.74, 6) is 0.183. The number of para-hydroxylation sites is 1. The molecule has 1 aromatic carbocycles. The van der Waals surface area contributed by atoms with E-state index in [1.807, 2.05) is 14.1 Å². The molecule has 0 unspecified atom stereocenters. The Bertz CT molecular complexity index is 568. The zero-order valence-electron chi connectivity index (χ0n) is 15.8. The van der Waals surface area contributed by atoms with Gasteiger partial charge >= 0.3 is 0 Å². The molecule has 1 amide bonds. The summed E-state index contributed by atoms with van der Waals surface area (Å²) in [7, 11) is 3.64. The van der Waals surface area contributed by atoms with Gasteiger partial charge in [0.2, 0.25) is 5.91 Å². The van der Waals surface area contributed by atoms with Crippen molar-refractivity contribution in [3.8, 4) is 0 Å². The third-order valence-corrected chi connectivity index (χ3v) is 5.68. The normalized spacial score (nSPS) is 22.9. The van der Waals surface area contributed by atoms with Crippen LogP contribution in [0.25, 0.3) is 0 Å². The number of likely N-dealkylation sites (N-methyl/N-ethyl adjacent to an activating group) is 2. The zero-order valence-corrected chi connectivity index (χ0v) is 15.8. The summed E-state index contributed by atoms with van der Waals surface area (Å²) in [5, 5.41) is 0. The van der Waals surface area contributed by atoms with Crippen LogP contribution < -0.4 is 4.90 Å². The minimum atomic E-state index is 0.00450. The Balaban J connectivity index is 1.57. The first-order valence-electron chi connectivity index (χ1n) is 9.41. The van der Waals surface area contributed by atoms with Crippen LogP contribution in [0.2, 0.25) is 0 Å². The first-order chi connectivity index (χ1) is 12.0. The topological polar surface area (TPSA) is 36.0 Å². The van der Waals surface area contributed by atoms with E-state index in [1.165, 1.54) is 5.69 Å². The van der Waals surface area contributed by atoms with Crippen molar-refractivity contribution < 1.29 is 9.53 Å². The van der Waals surface area contributed by atoms with Gasteiger partial charge in [-0.2, -0.15) is 0 Å². The molecular weight excluding hydrogens is 314 g/mol. The maximum Gasteiger partial charge on any atom is 0.236 e. The Labute approximate surface area is 151 Å². The van der Waals surface area contributed by atoms with E-state index in [2.05, 4.69) is 47.1 Å². The van der Waals surface area contributed by atoms with Crippen LogP contribution in [0.4, 0.5) is 5.69 Å². The fourth-order valence-electron chi connectivity index (χ4n) is 4.09. The molecule has 0 aliphatic carbocycles. The SMILES string of the molecule is CCN(c1ccccc1)[C@H]1COC2(CCN(CC(=O)N(C)C)CC2)C1. The number of hydrogen-bond acceptors (Lipinski definition) is 4. The molecule has 1 aromatic rings. The molecule has 0 bridgehead atoms. The van der Waals surface area contributed by atoms with Crippen LogP contribution in [0.1, 0.15) is 26.2 Å². The van der Waals surface area contributed by atoms with Gasteiger partial charge in [-0.25, -0.2) is 0 Å². The zero-order chi connectivity index (χ0) is 17.9. The number of nitrogens with zero attached hydrogens (tertiary/aromatic N) is 3. The molecule has 2 aliphatic heterocycles. The number of carbonyl (C=O) groups is 1. The van der Waals surface area contributed by atoms with E-state index in [0.29, 0.717) is 12.6 Å². The maximum absolute atomic E-state index is 11.9. The smallest absolute Gasteiger partial charge is 0.236 e. The Morgan fingerprint density at radius 3 is 2.52 bits per heavy atom. The molecule has 0 saturated carbocycles. The average molecular weight is 345 g/mol. The van der Waals surface area contributed by atoms with E-state index in [1.54, 1.807) is 4.90 Å². The van der Waals surface area contributed by atoms with Crippen molar-refractivity contribution in [2.24, 2.45) is 0 Å². The van der Waals surface area contributed by atoms with Gasteiger partial charge < -0.3 is 14.5 Å². The molecule has 2 saturated heterocycles. The van der Waals surface area contributed by atoms with E-state index in [4.69, 9.17) is 4.74 Å². The van der Waals surface area contributed by atoms with E-state index < -0.39 is 0 Å². The highest BCUT2D eigenvalue weighted by molar-refractivity contribution is 5.77. The lowest BCUT2D eigenvalue weighted by Crippen LogP contribution is -2.47. The monoisotopic (exact) mass is 345 g/mol. The molecule has 25 heavy (non-hydrogen) atoms. The molecular formula is C20H31N3O2. The summed E-state index contributed by atoms with van der Waals surface area (Å²) in [5.41, 5.74) is 1.29. The average Bonchev–Trinajstić information content (AvgIpc) is 3.02. The molecule has 138 valence electrons. The second kappa shape index (κ2) is 7.75. The number of likely N-dealkylation sites (tertiary alicyclic amines) is 1. The molecule has 1 spiro atoms. The summed E-state index contributed by atoms with van der Waals surface area (Å²) >= 11 is 0. The lowest BCUT2D eigenvalue weighted by Gasteiger charge is -2.39. The van der Waals surface area contributed by atoms with Crippen molar-refractivity contribution in [2.45, 2.75) is 37.8 Å². The number of rotatable bonds is 5. The van der Waals surface area contributed by atoms with Gasteiger partial charge in [-0.15, -0.1) is 0 Å². The van der Waals surface area contributed by atoms with Gasteiger partial charge in [-0.1, -0.05) is 18.2 Å². The van der Waals surface area contributed by atoms with E-state index in [9.17, 15) is 4.79 Å². The van der Waals surface area contributed by atoms with Crippen LogP contribution in [0.15, 0.2) is 30.3 Å². The van der Waals surface area contributed by atoms with Gasteiger partial charge in [0.25, 0.3) is 0 Å². The van der Waals surface area contributed by atoms with Crippen molar-refractivity contribution in [1.29, 1.82) is 0 Å². The van der Waals surface area contributed by atoms with Crippen LogP contribution >= 0.6 is 0 Å². The number of piperidine rings is 1. The molecule has 1 atom stereocenters. The summed E-state index contributed by atoms with van der Waals surface area (Å²) in [6.45, 7) is 6.44. The quantitative estimate of drug-likeness (QED) is 0.820. The first kappa shape index (κ1) is 18.2. The second-order valence-corrected chi connectivity index (χ2v) is 7.54. The molecule has 0 aromatic heterocycles. The predicted molar refractivity (Wildman–Crippen MR) is 101 cm³/mol. The highest BCUT2D eigenvalue weighted by Gasteiger charge is 2.44. The van der Waals surface area contributed by atoms with Crippen LogP contribution in [-0.2, 0) is 9.53 Å². The summed E-state index contributed by atoms with van der Waals surface area (Å²) < 4.78 is 6.34. The summed E-state index contributed by atoms with van der Waals surface area (Å²) in [6.07, 6.45) is 3.14. The Morgan fingerprint density at radius 1 is 1.24 bits per heavy atom. The van der Waals surface area contributed by atoms with Crippen LogP contribution in [0.5, 0.6) is 0 Å². The van der Waals surface area contributed by atoms with E-state index >= 15 is 0 Å². The lowest BCUT2D eigenvalue weighted by molar-refractivity contribution is -0.131. The van der Waals surface area contributed by atoms with Gasteiger partial charge in [0.15, 0.2) is 0 Å². The maximum atomic E-state index is 11.9. The number of carbonyl (C=O) groups excluding carboxylic acids is 1. The van der Waals surface area contributed by atoms with Gasteiger partial charge in [-0.05, 0) is 38.3 Å². The Hall–Kier alpha value is -1.59. The number of benzene rings is 1. The van der Waals surface area contributed by atoms with Crippen LogP contribution in [0, 0.1) is 0 Å². The van der Waals surface area contributed by atoms with Crippen LogP contribution in [0.3, 0.4) is 0 Å². The third-order valence-electron chi connectivity index (χ3n) is 5.68. The fraction of sp³-hybridized carbons (Fsp3) is 0.650. The van der Waals surface area contributed by atoms with E-state index in [0.717, 1.165) is 45.5 Å². The van der Waals surface area contributed by atoms with Crippen molar-refractivity contribution >= 4 is 11.6 Å². The molecule has 2 aliphatic rings. The molecule has 3 rings (SSSR count). The number of hydrogen-bond donors (Lipinski definition) is 0. The highest BCUT2D eigenvalue weighted by atomic mass is 16.5. The third kappa shape index (κ3) is 4.15. The Morgan fingerprint density at radius 2 is 1.92 bits per heavy atom. The van der Waals surface area contributed by atoms with Crippen molar-refractivity contribution in [3.63, 3.8) is 0 Å². The lowest BCUT2D eigenvalue weighted by atomic mass is 9.87. The van der Waals surface area contributed by atoms with Crippen LogP contribution in [-0.4, -0.2) is 74.2 Å². The number of amides is 1. The standard InChI is InChI=1S/C20H31N3O2/c1-4-23(17-8-6-5-7-9-17)18-14-20(25-16-18)10-12-22(13-11-20)15-19(24)21(2)3/h5-9,18H,4,10-16H2,1-3H3/t18-/m1/s1. The summed E-state index contributed by atoms with van der Waals surface area (Å²) in [4.78, 5) is 18.3. The van der Waals surface area contributed by atoms with Crippen molar-refractivity contribution in [3.05, 3.63) is 30.3 Å². The van der Waals surface area contributed by atoms with Gasteiger partial charge in [0.05, 0.1) is 24.8 Å². The summed E-state index contributed by atoms with van der Waals surface area (Å²) in [6, 6.07) is 11.1. The Kier molecular flexibility index (Phi) is 5.64. The van der Waals surface area contributed by atoms with Gasteiger partial charge in [-0.3, -0.25) is 9.69 Å². The minimum Gasteiger partial charge on any atom is -0.373 e. The second-order valence-electron chi connectivity index (χ2n) is 7.54. The first-order valence-corrected chi connectivity index (χ1v) is 9.41. The number of ether oxygens (including phenoxy) is 1. The van der Waals surface area contributed by atoms with Gasteiger partial charge in [0, 0.05) is 39.4 Å². The molecule has 5 nitrogen and oxygen atoms in total. The minimum absolute atomic E-state index is 0.00450.